The minimum Gasteiger partial charge on any atom is -0.456 e. The molecule has 9 aromatic rings. The van der Waals surface area contributed by atoms with Gasteiger partial charge in [0.15, 0.2) is 5.84 Å². The molecule has 4 heteroatoms. The molecule has 0 fully saturated rings. The van der Waals surface area contributed by atoms with Crippen molar-refractivity contribution in [3.05, 3.63) is 251 Å². The molecule has 1 unspecified atom stereocenters. The lowest BCUT2D eigenvalue weighted by Gasteiger charge is -2.24. The lowest BCUT2D eigenvalue weighted by molar-refractivity contribution is 0.655. The van der Waals surface area contributed by atoms with Crippen LogP contribution in [0.2, 0.25) is 0 Å². The van der Waals surface area contributed by atoms with Crippen molar-refractivity contribution in [1.29, 1.82) is 0 Å². The summed E-state index contributed by atoms with van der Waals surface area (Å²) < 4.78 is 6.28. The molecule has 270 valence electrons. The Morgan fingerprint density at radius 1 is 0.404 bits per heavy atom. The summed E-state index contributed by atoms with van der Waals surface area (Å²) in [5.74, 6) is 1.44. The molecule has 1 N–H and O–H groups in total. The molecule has 0 radical (unpaired) electrons. The summed E-state index contributed by atoms with van der Waals surface area (Å²) in [5, 5.41) is 5.86. The van der Waals surface area contributed by atoms with Gasteiger partial charge in [-0.1, -0.05) is 200 Å². The van der Waals surface area contributed by atoms with Crippen LogP contribution in [0.1, 0.15) is 45.1 Å². The average molecular weight is 732 g/mol. The Balaban J connectivity index is 1.08. The summed E-state index contributed by atoms with van der Waals surface area (Å²) in [6.07, 6.45) is -0.369. The maximum Gasteiger partial charge on any atom is 0.159 e. The third-order valence-electron chi connectivity index (χ3n) is 10.6. The van der Waals surface area contributed by atoms with Gasteiger partial charge in [0.1, 0.15) is 23.2 Å². The van der Waals surface area contributed by atoms with Gasteiger partial charge in [-0.3, -0.25) is 0 Å². The van der Waals surface area contributed by atoms with E-state index in [0.717, 1.165) is 72.3 Å². The highest BCUT2D eigenvalue weighted by Crippen LogP contribution is 2.38. The second kappa shape index (κ2) is 14.9. The van der Waals surface area contributed by atoms with Gasteiger partial charge in [0.2, 0.25) is 0 Å². The van der Waals surface area contributed by atoms with E-state index in [-0.39, 0.29) is 6.17 Å². The molecule has 57 heavy (non-hydrogen) atoms. The van der Waals surface area contributed by atoms with E-state index >= 15 is 0 Å². The number of amidine groups is 2. The van der Waals surface area contributed by atoms with Gasteiger partial charge in [-0.2, -0.15) is 0 Å². The molecule has 0 aliphatic carbocycles. The number of hydrogen-bond acceptors (Lipinski definition) is 4. The fourth-order valence-electron chi connectivity index (χ4n) is 7.77. The predicted molar refractivity (Wildman–Crippen MR) is 235 cm³/mol. The van der Waals surface area contributed by atoms with E-state index in [1.165, 1.54) is 16.7 Å². The maximum atomic E-state index is 6.28. The minimum atomic E-state index is -0.369. The number of fused-ring (bicyclic) bond motifs is 3. The molecule has 0 saturated carbocycles. The summed E-state index contributed by atoms with van der Waals surface area (Å²) in [6, 6.07) is 74.3. The van der Waals surface area contributed by atoms with Crippen molar-refractivity contribution in [3.63, 3.8) is 0 Å². The molecule has 4 nitrogen and oxygen atoms in total. The SMILES string of the molecule is c1ccc(C2=NC(c3ccc4c(c3)oc3ccccc34)NC(c3ccc(C(=C(c4ccccc4)c4ccccc4)c4ccc(-c5ccccc5)cc4)cc3)=N2)cc1. The van der Waals surface area contributed by atoms with Gasteiger partial charge in [0.05, 0.1) is 0 Å². The monoisotopic (exact) mass is 731 g/mol. The van der Waals surface area contributed by atoms with E-state index in [1.54, 1.807) is 0 Å². The fourth-order valence-corrected chi connectivity index (χ4v) is 7.77. The van der Waals surface area contributed by atoms with E-state index in [0.29, 0.717) is 5.84 Å². The molecule has 0 spiro atoms. The average Bonchev–Trinajstić information content (AvgIpc) is 3.67. The third-order valence-corrected chi connectivity index (χ3v) is 10.6. The van der Waals surface area contributed by atoms with Crippen LogP contribution in [0.5, 0.6) is 0 Å². The van der Waals surface area contributed by atoms with Crippen molar-refractivity contribution < 1.29 is 4.42 Å². The van der Waals surface area contributed by atoms with Crippen molar-refractivity contribution >= 4 is 44.8 Å². The molecular weight excluding hydrogens is 695 g/mol. The number of aliphatic imine (C=N–C) groups is 2. The van der Waals surface area contributed by atoms with E-state index in [9.17, 15) is 0 Å². The Hall–Kier alpha value is -7.56. The standard InChI is InChI=1S/C53H37N3O/c1-5-15-36(16-6-1)37-25-27-40(28-26-37)50(49(38-17-7-2-8-18-38)39-19-9-3-10-20-39)41-29-31-43(32-30-41)52-54-51(42-21-11-4-12-22-42)55-53(56-52)44-33-34-46-45-23-13-14-24-47(45)57-48(46)35-44/h1-35,53H,(H,54,55,56). The second-order valence-corrected chi connectivity index (χ2v) is 14.2. The quantitative estimate of drug-likeness (QED) is 0.158. The Labute approximate surface area is 331 Å². The molecule has 0 saturated heterocycles. The van der Waals surface area contributed by atoms with Gasteiger partial charge in [-0.15, -0.1) is 0 Å². The highest BCUT2D eigenvalue weighted by molar-refractivity contribution is 6.13. The van der Waals surface area contributed by atoms with E-state index < -0.39 is 0 Å². The Morgan fingerprint density at radius 2 is 0.877 bits per heavy atom. The van der Waals surface area contributed by atoms with Gasteiger partial charge in [0, 0.05) is 27.5 Å². The van der Waals surface area contributed by atoms with Crippen LogP contribution in [0.25, 0.3) is 44.2 Å². The first-order valence-corrected chi connectivity index (χ1v) is 19.3. The van der Waals surface area contributed by atoms with Crippen LogP contribution in [0.3, 0.4) is 0 Å². The topological polar surface area (TPSA) is 49.9 Å². The van der Waals surface area contributed by atoms with Crippen LogP contribution in [0, 0.1) is 0 Å². The van der Waals surface area contributed by atoms with Crippen molar-refractivity contribution in [2.24, 2.45) is 9.98 Å². The molecule has 1 aromatic heterocycles. The first kappa shape index (κ1) is 34.0. The molecule has 10 rings (SSSR count). The normalized spacial score (nSPS) is 13.8. The van der Waals surface area contributed by atoms with Gasteiger partial charge < -0.3 is 9.73 Å². The summed E-state index contributed by atoms with van der Waals surface area (Å²) in [7, 11) is 0. The van der Waals surface area contributed by atoms with Crippen LogP contribution in [0.4, 0.5) is 0 Å². The number of benzene rings is 8. The van der Waals surface area contributed by atoms with Gasteiger partial charge in [0.25, 0.3) is 0 Å². The molecule has 1 aliphatic rings. The van der Waals surface area contributed by atoms with Gasteiger partial charge >= 0.3 is 0 Å². The first-order chi connectivity index (χ1) is 28.2. The zero-order chi connectivity index (χ0) is 38.0. The van der Waals surface area contributed by atoms with Gasteiger partial charge in [-0.25, -0.2) is 9.98 Å². The van der Waals surface area contributed by atoms with E-state index in [1.807, 2.05) is 36.4 Å². The number of nitrogens with zero attached hydrogens (tertiary/aromatic N) is 2. The van der Waals surface area contributed by atoms with E-state index in [2.05, 4.69) is 181 Å². The smallest absolute Gasteiger partial charge is 0.159 e. The maximum absolute atomic E-state index is 6.28. The molecule has 2 heterocycles. The molecule has 0 amide bonds. The number of rotatable bonds is 8. The summed E-state index contributed by atoms with van der Waals surface area (Å²) in [6.45, 7) is 0. The second-order valence-electron chi connectivity index (χ2n) is 14.2. The summed E-state index contributed by atoms with van der Waals surface area (Å²) in [5.41, 5.74) is 13.9. The lowest BCUT2D eigenvalue weighted by Crippen LogP contribution is -2.33. The summed E-state index contributed by atoms with van der Waals surface area (Å²) in [4.78, 5) is 10.2. The Bertz CT molecular complexity index is 2890. The predicted octanol–water partition coefficient (Wildman–Crippen LogP) is 12.8. The van der Waals surface area contributed by atoms with Crippen LogP contribution in [0.15, 0.2) is 227 Å². The van der Waals surface area contributed by atoms with Crippen molar-refractivity contribution in [3.8, 4) is 11.1 Å². The Morgan fingerprint density at radius 3 is 1.49 bits per heavy atom. The van der Waals surface area contributed by atoms with Crippen molar-refractivity contribution in [2.75, 3.05) is 0 Å². The lowest BCUT2D eigenvalue weighted by atomic mass is 9.85. The number of para-hydroxylation sites is 1. The number of nitrogens with one attached hydrogen (secondary N) is 1. The fraction of sp³-hybridized carbons (Fsp3) is 0.0189. The molecule has 0 bridgehead atoms. The molecule has 1 aliphatic heterocycles. The van der Waals surface area contributed by atoms with Crippen LogP contribution >= 0.6 is 0 Å². The van der Waals surface area contributed by atoms with Crippen LogP contribution in [-0.4, -0.2) is 11.7 Å². The minimum absolute atomic E-state index is 0.369. The summed E-state index contributed by atoms with van der Waals surface area (Å²) >= 11 is 0. The Kier molecular flexibility index (Phi) is 8.90. The van der Waals surface area contributed by atoms with Crippen LogP contribution < -0.4 is 5.32 Å². The molecular formula is C53H37N3O. The van der Waals surface area contributed by atoms with Crippen molar-refractivity contribution in [1.82, 2.24) is 5.32 Å². The highest BCUT2D eigenvalue weighted by atomic mass is 16.3. The molecule has 8 aromatic carbocycles. The largest absolute Gasteiger partial charge is 0.456 e. The zero-order valence-electron chi connectivity index (χ0n) is 31.1. The van der Waals surface area contributed by atoms with Crippen molar-refractivity contribution in [2.45, 2.75) is 6.17 Å². The van der Waals surface area contributed by atoms with Crippen LogP contribution in [-0.2, 0) is 0 Å². The zero-order valence-corrected chi connectivity index (χ0v) is 31.1. The molecule has 1 atom stereocenters. The van der Waals surface area contributed by atoms with Gasteiger partial charge in [-0.05, 0) is 56.7 Å². The highest BCUT2D eigenvalue weighted by Gasteiger charge is 2.23. The number of hydrogen-bond donors (Lipinski definition) is 1. The first-order valence-electron chi connectivity index (χ1n) is 19.3. The third kappa shape index (κ3) is 6.75. The van der Waals surface area contributed by atoms with E-state index in [4.69, 9.17) is 14.4 Å². The number of furan rings is 1.